The van der Waals surface area contributed by atoms with Crippen LogP contribution in [0.3, 0.4) is 0 Å². The lowest BCUT2D eigenvalue weighted by molar-refractivity contribution is -0.111. The van der Waals surface area contributed by atoms with Crippen molar-refractivity contribution in [3.63, 3.8) is 0 Å². The van der Waals surface area contributed by atoms with Gasteiger partial charge < -0.3 is 30.5 Å². The number of rotatable bonds is 12. The van der Waals surface area contributed by atoms with Gasteiger partial charge in [0.25, 0.3) is 0 Å². The van der Waals surface area contributed by atoms with Gasteiger partial charge in [0.15, 0.2) is 0 Å². The van der Waals surface area contributed by atoms with Crippen LogP contribution in [0.2, 0.25) is 0 Å². The molecule has 0 aliphatic carbocycles. The highest BCUT2D eigenvalue weighted by atomic mass is 16.5. The summed E-state index contributed by atoms with van der Waals surface area (Å²) in [6, 6.07) is 13.4. The zero-order valence-electron chi connectivity index (χ0n) is 23.5. The van der Waals surface area contributed by atoms with E-state index in [1.807, 2.05) is 76.7 Å². The van der Waals surface area contributed by atoms with Gasteiger partial charge in [0.05, 0.1) is 35.5 Å². The number of nitrogens with zero attached hydrogens (tertiary/aromatic N) is 6. The van der Waals surface area contributed by atoms with E-state index in [2.05, 4.69) is 42.4 Å². The molecular weight excluding hydrogens is 506 g/mol. The number of carbonyl (C=O) groups excluding carboxylic acids is 1. The minimum absolute atomic E-state index is 0.313. The van der Waals surface area contributed by atoms with Gasteiger partial charge in [-0.25, -0.2) is 9.67 Å². The predicted octanol–water partition coefficient (Wildman–Crippen LogP) is 4.59. The summed E-state index contributed by atoms with van der Waals surface area (Å²) in [5, 5.41) is 13.9. The molecule has 40 heavy (non-hydrogen) atoms. The fraction of sp³-hybridized carbons (Fsp3) is 0.241. The molecule has 1 amide bonds. The average molecular weight is 542 g/mol. The summed E-state index contributed by atoms with van der Waals surface area (Å²) in [5.74, 6) is 1.26. The molecule has 4 rings (SSSR count). The van der Waals surface area contributed by atoms with Crippen molar-refractivity contribution in [2.24, 2.45) is 0 Å². The average Bonchev–Trinajstić information content (AvgIpc) is 3.49. The maximum absolute atomic E-state index is 12.3. The number of ether oxygens (including phenoxy) is 1. The SMILES string of the molecule is C=CC(=O)Nc1cc(Nc2ncc(C)c(Nc3ccccc3-n3cccn3)n2)c(OC)cc1N(C)CCN(C)C. The number of carbonyl (C=O) groups is 1. The van der Waals surface area contributed by atoms with Crippen molar-refractivity contribution in [3.05, 3.63) is 79.3 Å². The minimum atomic E-state index is -0.313. The number of methoxy groups -OCH3 is 1. The molecule has 0 aliphatic rings. The van der Waals surface area contributed by atoms with Gasteiger partial charge in [0.2, 0.25) is 11.9 Å². The third-order valence-electron chi connectivity index (χ3n) is 6.18. The van der Waals surface area contributed by atoms with Crippen LogP contribution >= 0.6 is 0 Å². The van der Waals surface area contributed by atoms with Crippen LogP contribution in [0.5, 0.6) is 5.75 Å². The van der Waals surface area contributed by atoms with Gasteiger partial charge in [-0.2, -0.15) is 10.1 Å². The quantitative estimate of drug-likeness (QED) is 0.222. The Balaban J connectivity index is 1.66. The van der Waals surface area contributed by atoms with E-state index in [4.69, 9.17) is 9.72 Å². The summed E-state index contributed by atoms with van der Waals surface area (Å²) in [4.78, 5) is 25.6. The lowest BCUT2D eigenvalue weighted by atomic mass is 10.2. The summed E-state index contributed by atoms with van der Waals surface area (Å²) in [5.41, 5.74) is 4.60. The van der Waals surface area contributed by atoms with Crippen molar-refractivity contribution in [1.82, 2.24) is 24.6 Å². The largest absolute Gasteiger partial charge is 0.494 e. The number of benzene rings is 2. The third kappa shape index (κ3) is 6.75. The van der Waals surface area contributed by atoms with Crippen molar-refractivity contribution in [2.75, 3.05) is 62.2 Å². The Bertz CT molecular complexity index is 1470. The summed E-state index contributed by atoms with van der Waals surface area (Å²) in [6.45, 7) is 7.10. The van der Waals surface area contributed by atoms with E-state index in [0.717, 1.165) is 35.7 Å². The highest BCUT2D eigenvalue weighted by Gasteiger charge is 2.17. The highest BCUT2D eigenvalue weighted by Crippen LogP contribution is 2.38. The Morgan fingerprint density at radius 1 is 1.07 bits per heavy atom. The number of hydrogen-bond donors (Lipinski definition) is 3. The zero-order chi connectivity index (χ0) is 28.6. The van der Waals surface area contributed by atoms with Crippen LogP contribution in [-0.4, -0.2) is 71.9 Å². The zero-order valence-corrected chi connectivity index (χ0v) is 23.5. The molecule has 0 unspecified atom stereocenters. The second-order valence-electron chi connectivity index (χ2n) is 9.43. The Morgan fingerprint density at radius 3 is 2.58 bits per heavy atom. The van der Waals surface area contributed by atoms with Crippen LogP contribution in [0.15, 0.2) is 73.7 Å². The van der Waals surface area contributed by atoms with Gasteiger partial charge in [0, 0.05) is 50.4 Å². The molecule has 0 bridgehead atoms. The van der Waals surface area contributed by atoms with Crippen LogP contribution in [0.4, 0.5) is 34.5 Å². The van der Waals surface area contributed by atoms with Gasteiger partial charge in [-0.3, -0.25) is 4.79 Å². The molecule has 2 aromatic heterocycles. The molecule has 0 fully saturated rings. The first-order valence-corrected chi connectivity index (χ1v) is 12.8. The van der Waals surface area contributed by atoms with E-state index >= 15 is 0 Å². The van der Waals surface area contributed by atoms with Crippen LogP contribution in [0, 0.1) is 6.92 Å². The maximum Gasteiger partial charge on any atom is 0.247 e. The van der Waals surface area contributed by atoms with Crippen LogP contribution in [0.1, 0.15) is 5.56 Å². The van der Waals surface area contributed by atoms with E-state index in [-0.39, 0.29) is 5.91 Å². The molecule has 11 nitrogen and oxygen atoms in total. The Hall–Kier alpha value is -4.90. The number of hydrogen-bond acceptors (Lipinski definition) is 9. The van der Waals surface area contributed by atoms with Gasteiger partial charge in [-0.1, -0.05) is 18.7 Å². The summed E-state index contributed by atoms with van der Waals surface area (Å²) in [7, 11) is 7.60. The van der Waals surface area contributed by atoms with Crippen LogP contribution < -0.4 is 25.6 Å². The summed E-state index contributed by atoms with van der Waals surface area (Å²) < 4.78 is 7.50. The number of anilines is 6. The van der Waals surface area contributed by atoms with Crippen LogP contribution in [0.25, 0.3) is 5.69 Å². The lowest BCUT2D eigenvalue weighted by Crippen LogP contribution is -2.29. The highest BCUT2D eigenvalue weighted by molar-refractivity contribution is 6.02. The monoisotopic (exact) mass is 541 g/mol. The fourth-order valence-corrected chi connectivity index (χ4v) is 3.97. The van der Waals surface area contributed by atoms with Crippen LogP contribution in [-0.2, 0) is 4.79 Å². The third-order valence-corrected chi connectivity index (χ3v) is 6.18. The number of nitrogens with one attached hydrogen (secondary N) is 3. The molecule has 0 spiro atoms. The first-order chi connectivity index (χ1) is 19.3. The normalized spacial score (nSPS) is 10.8. The summed E-state index contributed by atoms with van der Waals surface area (Å²) >= 11 is 0. The smallest absolute Gasteiger partial charge is 0.247 e. The topological polar surface area (TPSA) is 112 Å². The van der Waals surface area contributed by atoms with Crippen molar-refractivity contribution in [2.45, 2.75) is 6.92 Å². The molecule has 4 aromatic rings. The summed E-state index contributed by atoms with van der Waals surface area (Å²) in [6.07, 6.45) is 6.60. The molecule has 0 saturated carbocycles. The van der Waals surface area contributed by atoms with Crippen molar-refractivity contribution in [3.8, 4) is 11.4 Å². The van der Waals surface area contributed by atoms with E-state index < -0.39 is 0 Å². The number of likely N-dealkylation sites (N-methyl/N-ethyl adjacent to an activating group) is 2. The van der Waals surface area contributed by atoms with E-state index in [1.54, 1.807) is 24.2 Å². The Morgan fingerprint density at radius 2 is 1.88 bits per heavy atom. The maximum atomic E-state index is 12.3. The molecule has 0 aliphatic heterocycles. The van der Waals surface area contributed by atoms with Crippen molar-refractivity contribution >= 4 is 40.4 Å². The number of amides is 1. The van der Waals surface area contributed by atoms with E-state index in [9.17, 15) is 4.79 Å². The molecule has 0 radical (unpaired) electrons. The second-order valence-corrected chi connectivity index (χ2v) is 9.43. The van der Waals surface area contributed by atoms with Gasteiger partial charge in [-0.05, 0) is 51.4 Å². The lowest BCUT2D eigenvalue weighted by Gasteiger charge is -2.26. The standard InChI is InChI=1S/C29H35N9O2/c1-7-27(39)32-22-17-23(26(40-6)18-25(22)37(5)16-15-36(3)4)34-29-30-19-20(2)28(35-29)33-21-11-8-9-12-24(21)38-14-10-13-31-38/h7-14,17-19H,1,15-16H2,2-6H3,(H,32,39)(H2,30,33,34,35). The number of para-hydroxylation sites is 2. The van der Waals surface area contributed by atoms with E-state index in [0.29, 0.717) is 28.9 Å². The van der Waals surface area contributed by atoms with Crippen molar-refractivity contribution < 1.29 is 9.53 Å². The van der Waals surface area contributed by atoms with Gasteiger partial charge in [-0.15, -0.1) is 0 Å². The molecule has 0 atom stereocenters. The first-order valence-electron chi connectivity index (χ1n) is 12.8. The van der Waals surface area contributed by atoms with Gasteiger partial charge >= 0.3 is 0 Å². The minimum Gasteiger partial charge on any atom is -0.494 e. The Labute approximate surface area is 234 Å². The predicted molar refractivity (Wildman–Crippen MR) is 161 cm³/mol. The number of aryl methyl sites for hydroxylation is 1. The first kappa shape index (κ1) is 28.1. The molecular formula is C29H35N9O2. The second kappa shape index (κ2) is 12.8. The van der Waals surface area contributed by atoms with Crippen molar-refractivity contribution in [1.29, 1.82) is 0 Å². The number of aromatic nitrogens is 4. The molecule has 0 saturated heterocycles. The van der Waals surface area contributed by atoms with E-state index in [1.165, 1.54) is 6.08 Å². The molecule has 208 valence electrons. The Kier molecular flexibility index (Phi) is 8.97. The fourth-order valence-electron chi connectivity index (χ4n) is 3.97. The molecule has 11 heteroatoms. The molecule has 2 aromatic carbocycles. The molecule has 2 heterocycles. The molecule has 3 N–H and O–H groups in total. The van der Waals surface area contributed by atoms with Gasteiger partial charge in [0.1, 0.15) is 11.6 Å².